The summed E-state index contributed by atoms with van der Waals surface area (Å²) >= 11 is 0. The van der Waals surface area contributed by atoms with Crippen LogP contribution in [0.2, 0.25) is 0 Å². The molecule has 154 valence electrons. The van der Waals surface area contributed by atoms with Crippen molar-refractivity contribution in [1.82, 2.24) is 24.1 Å². The van der Waals surface area contributed by atoms with Gasteiger partial charge in [0.2, 0.25) is 11.7 Å². The van der Waals surface area contributed by atoms with Gasteiger partial charge in [0.25, 0.3) is 5.56 Å². The van der Waals surface area contributed by atoms with Gasteiger partial charge in [0.15, 0.2) is 11.3 Å². The van der Waals surface area contributed by atoms with Gasteiger partial charge in [0.05, 0.1) is 5.52 Å². The quantitative estimate of drug-likeness (QED) is 0.437. The molecule has 0 unspecified atom stereocenters. The van der Waals surface area contributed by atoms with E-state index in [0.717, 1.165) is 18.4 Å². The van der Waals surface area contributed by atoms with Crippen molar-refractivity contribution in [3.05, 3.63) is 76.7 Å². The van der Waals surface area contributed by atoms with Crippen LogP contribution in [0.25, 0.3) is 28.1 Å². The average molecular weight is 413 g/mol. The number of nitrogens with zero attached hydrogens (tertiary/aromatic N) is 5. The summed E-state index contributed by atoms with van der Waals surface area (Å²) in [4.78, 5) is 22.4. The predicted molar refractivity (Wildman–Crippen MR) is 114 cm³/mol. The van der Waals surface area contributed by atoms with E-state index in [1.54, 1.807) is 17.9 Å². The summed E-state index contributed by atoms with van der Waals surface area (Å²) in [5.41, 5.74) is 2.71. The van der Waals surface area contributed by atoms with Crippen molar-refractivity contribution in [2.24, 2.45) is 7.05 Å². The molecule has 0 atom stereocenters. The summed E-state index contributed by atoms with van der Waals surface area (Å²) < 4.78 is 14.9. The molecule has 0 saturated heterocycles. The van der Waals surface area contributed by atoms with E-state index in [9.17, 15) is 4.79 Å². The third kappa shape index (κ3) is 2.91. The van der Waals surface area contributed by atoms with Crippen LogP contribution in [0.15, 0.2) is 64.2 Å². The van der Waals surface area contributed by atoms with E-state index in [1.807, 2.05) is 52.9 Å². The van der Waals surface area contributed by atoms with E-state index < -0.39 is 0 Å². The summed E-state index contributed by atoms with van der Waals surface area (Å²) in [5.74, 6) is 1.92. The van der Waals surface area contributed by atoms with Crippen LogP contribution in [0.3, 0.4) is 0 Å². The fourth-order valence-corrected chi connectivity index (χ4v) is 3.88. The van der Waals surface area contributed by atoms with Gasteiger partial charge in [-0.05, 0) is 30.5 Å². The van der Waals surface area contributed by atoms with Gasteiger partial charge < -0.3 is 9.26 Å². The highest BCUT2D eigenvalue weighted by molar-refractivity contribution is 5.88. The Morgan fingerprint density at radius 1 is 1.13 bits per heavy atom. The van der Waals surface area contributed by atoms with Gasteiger partial charge in [0, 0.05) is 13.0 Å². The number of aryl methyl sites for hydroxylation is 1. The summed E-state index contributed by atoms with van der Waals surface area (Å²) in [7, 11) is 1.72. The highest BCUT2D eigenvalue weighted by Crippen LogP contribution is 2.39. The van der Waals surface area contributed by atoms with Gasteiger partial charge in [-0.1, -0.05) is 41.6 Å². The highest BCUT2D eigenvalue weighted by atomic mass is 16.5. The second-order valence-corrected chi connectivity index (χ2v) is 7.81. The van der Waals surface area contributed by atoms with Crippen LogP contribution < -0.4 is 10.3 Å². The number of aromatic nitrogens is 5. The summed E-state index contributed by atoms with van der Waals surface area (Å²) in [6.45, 7) is 0.378. The molecule has 1 aliphatic rings. The van der Waals surface area contributed by atoms with Gasteiger partial charge in [-0.15, -0.1) is 0 Å². The van der Waals surface area contributed by atoms with Crippen molar-refractivity contribution in [3.8, 4) is 17.3 Å². The molecule has 1 saturated carbocycles. The van der Waals surface area contributed by atoms with Crippen molar-refractivity contribution < 1.29 is 9.26 Å². The molecule has 6 rings (SSSR count). The number of benzene rings is 2. The molecule has 0 spiro atoms. The minimum Gasteiger partial charge on any atom is -0.488 e. The van der Waals surface area contributed by atoms with Gasteiger partial charge in [0.1, 0.15) is 24.1 Å². The molecule has 0 N–H and O–H groups in total. The Bertz CT molecular complexity index is 1480. The van der Waals surface area contributed by atoms with Gasteiger partial charge in [-0.2, -0.15) is 4.98 Å². The predicted octanol–water partition coefficient (Wildman–Crippen LogP) is 3.69. The van der Waals surface area contributed by atoms with Gasteiger partial charge >= 0.3 is 0 Å². The normalized spacial score (nSPS) is 13.8. The fraction of sp³-hybridized carbons (Fsp3) is 0.217. The van der Waals surface area contributed by atoms with Crippen LogP contribution in [0, 0.1) is 0 Å². The second-order valence-electron chi connectivity index (χ2n) is 7.81. The summed E-state index contributed by atoms with van der Waals surface area (Å²) in [5, 5.41) is 4.60. The first-order chi connectivity index (χ1) is 15.2. The van der Waals surface area contributed by atoms with E-state index in [2.05, 4.69) is 15.1 Å². The molecule has 31 heavy (non-hydrogen) atoms. The lowest BCUT2D eigenvalue weighted by Crippen LogP contribution is -2.20. The molecule has 8 heteroatoms. The minimum atomic E-state index is -0.168. The first kappa shape index (κ1) is 17.9. The molecule has 1 aliphatic carbocycles. The zero-order valence-corrected chi connectivity index (χ0v) is 16.9. The maximum absolute atomic E-state index is 13.4. The number of hydrogen-bond donors (Lipinski definition) is 0. The Labute approximate surface area is 176 Å². The van der Waals surface area contributed by atoms with E-state index in [1.165, 1.54) is 0 Å². The molecular formula is C23H19N5O3. The van der Waals surface area contributed by atoms with Crippen LogP contribution in [0.5, 0.6) is 5.75 Å². The molecule has 0 aliphatic heterocycles. The van der Waals surface area contributed by atoms with Gasteiger partial charge in [-0.25, -0.2) is 4.98 Å². The molecular weight excluding hydrogens is 394 g/mol. The maximum atomic E-state index is 13.4. The number of ether oxygens (including phenoxy) is 1. The van der Waals surface area contributed by atoms with E-state index in [-0.39, 0.29) is 5.56 Å². The molecule has 3 aromatic heterocycles. The molecule has 8 nitrogen and oxygen atoms in total. The molecule has 5 aromatic rings. The lowest BCUT2D eigenvalue weighted by atomic mass is 10.2. The molecule has 0 bridgehead atoms. The number of rotatable bonds is 5. The third-order valence-corrected chi connectivity index (χ3v) is 5.66. The fourth-order valence-electron chi connectivity index (χ4n) is 3.88. The maximum Gasteiger partial charge on any atom is 0.265 e. The number of hydrogen-bond acceptors (Lipinski definition) is 6. The second kappa shape index (κ2) is 6.80. The van der Waals surface area contributed by atoms with E-state index in [0.29, 0.717) is 52.2 Å². The lowest BCUT2D eigenvalue weighted by molar-refractivity contribution is 0.309. The Balaban J connectivity index is 1.49. The van der Waals surface area contributed by atoms with Crippen molar-refractivity contribution in [1.29, 1.82) is 0 Å². The smallest absolute Gasteiger partial charge is 0.265 e. The molecule has 1 fully saturated rings. The Hall–Kier alpha value is -3.94. The molecule has 2 aromatic carbocycles. The lowest BCUT2D eigenvalue weighted by Gasteiger charge is -2.12. The highest BCUT2D eigenvalue weighted by Gasteiger charge is 2.30. The van der Waals surface area contributed by atoms with E-state index in [4.69, 9.17) is 9.26 Å². The minimum absolute atomic E-state index is 0.168. The van der Waals surface area contributed by atoms with Gasteiger partial charge in [-0.3, -0.25) is 13.8 Å². The van der Waals surface area contributed by atoms with Crippen LogP contribution in [-0.2, 0) is 13.7 Å². The monoisotopic (exact) mass is 413 g/mol. The Kier molecular flexibility index (Phi) is 3.92. The van der Waals surface area contributed by atoms with Crippen LogP contribution in [0.4, 0.5) is 0 Å². The van der Waals surface area contributed by atoms with Crippen molar-refractivity contribution in [3.63, 3.8) is 0 Å². The zero-order chi connectivity index (χ0) is 20.9. The first-order valence-electron chi connectivity index (χ1n) is 10.2. The molecule has 0 radical (unpaired) electrons. The van der Waals surface area contributed by atoms with Crippen molar-refractivity contribution in [2.75, 3.05) is 0 Å². The SMILES string of the molecule is Cn1c(=O)c2c(OCc3ccccc3)cccc2n2cnc(-c3noc(C4CC4)n3)c12. The van der Waals surface area contributed by atoms with Crippen molar-refractivity contribution >= 4 is 16.6 Å². The van der Waals surface area contributed by atoms with Crippen LogP contribution in [-0.4, -0.2) is 24.1 Å². The number of fused-ring (bicyclic) bond motifs is 3. The zero-order valence-electron chi connectivity index (χ0n) is 16.9. The Morgan fingerprint density at radius 3 is 2.77 bits per heavy atom. The Morgan fingerprint density at radius 2 is 1.97 bits per heavy atom. The number of imidazole rings is 1. The van der Waals surface area contributed by atoms with Crippen LogP contribution >= 0.6 is 0 Å². The average Bonchev–Trinajstić information content (AvgIpc) is 3.36. The third-order valence-electron chi connectivity index (χ3n) is 5.66. The first-order valence-corrected chi connectivity index (χ1v) is 10.2. The standard InChI is InChI=1S/C23H19N5O3/c1-27-22-19(20-25-21(31-26-20)15-10-11-15)24-13-28(22)16-8-5-9-17(18(16)23(27)29)30-12-14-6-3-2-4-7-14/h2-9,13,15H,10-12H2,1H3. The molecule has 3 heterocycles. The largest absolute Gasteiger partial charge is 0.488 e. The molecule has 0 amide bonds. The van der Waals surface area contributed by atoms with E-state index >= 15 is 0 Å². The van der Waals surface area contributed by atoms with Crippen molar-refractivity contribution in [2.45, 2.75) is 25.4 Å². The van der Waals surface area contributed by atoms with Crippen LogP contribution in [0.1, 0.15) is 30.2 Å². The topological polar surface area (TPSA) is 87.5 Å². The summed E-state index contributed by atoms with van der Waals surface area (Å²) in [6.07, 6.45) is 3.82. The summed E-state index contributed by atoms with van der Waals surface area (Å²) in [6, 6.07) is 15.4.